The van der Waals surface area contributed by atoms with E-state index in [4.69, 9.17) is 0 Å². The fourth-order valence-electron chi connectivity index (χ4n) is 2.78. The average molecular weight is 297 g/mol. The highest BCUT2D eigenvalue weighted by molar-refractivity contribution is 7.17. The van der Waals surface area contributed by atoms with Crippen molar-refractivity contribution in [2.45, 2.75) is 19.4 Å². The first-order valence-corrected chi connectivity index (χ1v) is 7.99. The molecule has 0 saturated carbocycles. The lowest BCUT2D eigenvalue weighted by atomic mass is 10.1. The summed E-state index contributed by atoms with van der Waals surface area (Å²) in [5.41, 5.74) is 3.02. The SMILES string of the molecule is O=c1cc2c(nn1Cc1csc3ccccc13)CCCN2. The average Bonchev–Trinajstić information content (AvgIpc) is 2.91. The number of thiophene rings is 1. The molecule has 3 heterocycles. The Kier molecular flexibility index (Phi) is 3.00. The molecule has 106 valence electrons. The molecule has 0 saturated heterocycles. The van der Waals surface area contributed by atoms with E-state index in [1.54, 1.807) is 22.1 Å². The second-order valence-electron chi connectivity index (χ2n) is 5.29. The maximum Gasteiger partial charge on any atom is 0.269 e. The van der Waals surface area contributed by atoms with Gasteiger partial charge in [0.2, 0.25) is 0 Å². The number of benzene rings is 1. The van der Waals surface area contributed by atoms with Crippen molar-refractivity contribution in [2.75, 3.05) is 11.9 Å². The zero-order chi connectivity index (χ0) is 14.2. The van der Waals surface area contributed by atoms with Crippen molar-refractivity contribution in [3.8, 4) is 0 Å². The monoisotopic (exact) mass is 297 g/mol. The van der Waals surface area contributed by atoms with Crippen LogP contribution in [0.5, 0.6) is 0 Å². The van der Waals surface area contributed by atoms with Crippen LogP contribution in [-0.2, 0) is 13.0 Å². The summed E-state index contributed by atoms with van der Waals surface area (Å²) in [4.78, 5) is 12.2. The zero-order valence-corrected chi connectivity index (χ0v) is 12.3. The Bertz CT molecular complexity index is 865. The Morgan fingerprint density at radius 2 is 2.24 bits per heavy atom. The molecule has 5 heteroatoms. The van der Waals surface area contributed by atoms with E-state index in [9.17, 15) is 4.79 Å². The first kappa shape index (κ1) is 12.6. The van der Waals surface area contributed by atoms with E-state index in [-0.39, 0.29) is 5.56 Å². The molecule has 0 radical (unpaired) electrons. The van der Waals surface area contributed by atoms with Crippen molar-refractivity contribution in [1.29, 1.82) is 0 Å². The van der Waals surface area contributed by atoms with E-state index in [1.165, 1.54) is 10.1 Å². The number of nitrogens with zero attached hydrogens (tertiary/aromatic N) is 2. The third-order valence-corrected chi connectivity index (χ3v) is 4.87. The first-order valence-electron chi connectivity index (χ1n) is 7.11. The normalized spacial score (nSPS) is 13.9. The second-order valence-corrected chi connectivity index (χ2v) is 6.20. The predicted molar refractivity (Wildman–Crippen MR) is 86.2 cm³/mol. The molecule has 4 rings (SSSR count). The van der Waals surface area contributed by atoms with Crippen molar-refractivity contribution >= 4 is 27.1 Å². The smallest absolute Gasteiger partial charge is 0.269 e. The van der Waals surface area contributed by atoms with Gasteiger partial charge in [0.1, 0.15) is 0 Å². The molecule has 0 unspecified atom stereocenters. The molecule has 1 aromatic carbocycles. The lowest BCUT2D eigenvalue weighted by Gasteiger charge is -2.17. The van der Waals surface area contributed by atoms with Gasteiger partial charge in [0.25, 0.3) is 5.56 Å². The van der Waals surface area contributed by atoms with Gasteiger partial charge < -0.3 is 5.32 Å². The van der Waals surface area contributed by atoms with Gasteiger partial charge in [-0.15, -0.1) is 11.3 Å². The Labute approximate surface area is 126 Å². The van der Waals surface area contributed by atoms with Crippen LogP contribution < -0.4 is 10.9 Å². The van der Waals surface area contributed by atoms with Crippen LogP contribution in [0.3, 0.4) is 0 Å². The molecule has 0 bridgehead atoms. The zero-order valence-electron chi connectivity index (χ0n) is 11.5. The van der Waals surface area contributed by atoms with Gasteiger partial charge in [-0.2, -0.15) is 5.10 Å². The minimum absolute atomic E-state index is 0.0431. The largest absolute Gasteiger partial charge is 0.383 e. The van der Waals surface area contributed by atoms with Crippen LogP contribution in [-0.4, -0.2) is 16.3 Å². The van der Waals surface area contributed by atoms with Crippen molar-refractivity contribution in [3.63, 3.8) is 0 Å². The van der Waals surface area contributed by atoms with Crippen LogP contribution >= 0.6 is 11.3 Å². The quantitative estimate of drug-likeness (QED) is 0.791. The summed E-state index contributed by atoms with van der Waals surface area (Å²) in [5.74, 6) is 0. The van der Waals surface area contributed by atoms with Crippen LogP contribution in [0.1, 0.15) is 17.7 Å². The summed E-state index contributed by atoms with van der Waals surface area (Å²) in [5, 5.41) is 11.1. The summed E-state index contributed by atoms with van der Waals surface area (Å²) in [6.07, 6.45) is 2.01. The molecule has 3 aromatic rings. The highest BCUT2D eigenvalue weighted by atomic mass is 32.1. The summed E-state index contributed by atoms with van der Waals surface area (Å²) in [6, 6.07) is 9.96. The Balaban J connectivity index is 1.75. The molecule has 0 atom stereocenters. The molecule has 0 amide bonds. The number of aromatic nitrogens is 2. The molecule has 21 heavy (non-hydrogen) atoms. The van der Waals surface area contributed by atoms with E-state index in [0.717, 1.165) is 36.3 Å². The fourth-order valence-corrected chi connectivity index (χ4v) is 3.73. The molecule has 1 N–H and O–H groups in total. The molecule has 0 spiro atoms. The van der Waals surface area contributed by atoms with Gasteiger partial charge in [-0.3, -0.25) is 4.79 Å². The van der Waals surface area contributed by atoms with Crippen LogP contribution in [0.2, 0.25) is 0 Å². The van der Waals surface area contributed by atoms with Crippen LogP contribution in [0.15, 0.2) is 40.5 Å². The number of aryl methyl sites for hydroxylation is 1. The van der Waals surface area contributed by atoms with Crippen molar-refractivity contribution in [3.05, 3.63) is 57.3 Å². The number of hydrogen-bond donors (Lipinski definition) is 1. The number of anilines is 1. The van der Waals surface area contributed by atoms with Gasteiger partial charge in [-0.05, 0) is 35.2 Å². The Hall–Kier alpha value is -2.14. The van der Waals surface area contributed by atoms with Crippen LogP contribution in [0.25, 0.3) is 10.1 Å². The van der Waals surface area contributed by atoms with Gasteiger partial charge in [-0.25, -0.2) is 4.68 Å². The lowest BCUT2D eigenvalue weighted by Crippen LogP contribution is -2.27. The van der Waals surface area contributed by atoms with Gasteiger partial charge in [0.05, 0.1) is 17.9 Å². The number of rotatable bonds is 2. The van der Waals surface area contributed by atoms with Crippen molar-refractivity contribution < 1.29 is 0 Å². The molecule has 1 aliphatic heterocycles. The van der Waals surface area contributed by atoms with E-state index in [2.05, 4.69) is 27.9 Å². The van der Waals surface area contributed by atoms with Gasteiger partial charge >= 0.3 is 0 Å². The lowest BCUT2D eigenvalue weighted by molar-refractivity contribution is 0.611. The molecular weight excluding hydrogens is 282 g/mol. The number of nitrogens with one attached hydrogen (secondary N) is 1. The minimum atomic E-state index is -0.0431. The van der Waals surface area contributed by atoms with Crippen LogP contribution in [0.4, 0.5) is 5.69 Å². The van der Waals surface area contributed by atoms with E-state index < -0.39 is 0 Å². The minimum Gasteiger partial charge on any atom is -0.383 e. The first-order chi connectivity index (χ1) is 10.3. The third-order valence-electron chi connectivity index (χ3n) is 3.86. The maximum absolute atomic E-state index is 12.2. The summed E-state index contributed by atoms with van der Waals surface area (Å²) in [7, 11) is 0. The molecule has 0 fully saturated rings. The van der Waals surface area contributed by atoms with Crippen molar-refractivity contribution in [2.24, 2.45) is 0 Å². The summed E-state index contributed by atoms with van der Waals surface area (Å²) < 4.78 is 2.83. The third kappa shape index (κ3) is 2.23. The Morgan fingerprint density at radius 1 is 1.33 bits per heavy atom. The number of hydrogen-bond acceptors (Lipinski definition) is 4. The van der Waals surface area contributed by atoms with E-state index >= 15 is 0 Å². The summed E-state index contributed by atoms with van der Waals surface area (Å²) >= 11 is 1.71. The molecule has 1 aliphatic rings. The standard InChI is InChI=1S/C16H15N3OS/c20-16-8-14-13(5-3-7-17-14)18-19(16)9-11-10-21-15-6-2-1-4-12(11)15/h1-2,4,6,8,10,17H,3,5,7,9H2. The highest BCUT2D eigenvalue weighted by Gasteiger charge is 2.13. The van der Waals surface area contributed by atoms with E-state index in [0.29, 0.717) is 6.54 Å². The molecular formula is C16H15N3OS. The van der Waals surface area contributed by atoms with E-state index in [1.807, 2.05) is 12.1 Å². The summed E-state index contributed by atoms with van der Waals surface area (Å²) in [6.45, 7) is 1.46. The molecule has 2 aromatic heterocycles. The molecule has 0 aliphatic carbocycles. The van der Waals surface area contributed by atoms with Gasteiger partial charge in [0, 0.05) is 17.3 Å². The maximum atomic E-state index is 12.2. The van der Waals surface area contributed by atoms with Crippen LogP contribution in [0, 0.1) is 0 Å². The molecule has 4 nitrogen and oxygen atoms in total. The highest BCUT2D eigenvalue weighted by Crippen LogP contribution is 2.26. The van der Waals surface area contributed by atoms with Gasteiger partial charge in [-0.1, -0.05) is 18.2 Å². The fraction of sp³-hybridized carbons (Fsp3) is 0.250. The second kappa shape index (κ2) is 5.00. The predicted octanol–water partition coefficient (Wildman–Crippen LogP) is 2.86. The number of fused-ring (bicyclic) bond motifs is 2. The van der Waals surface area contributed by atoms with Crippen molar-refractivity contribution in [1.82, 2.24) is 9.78 Å². The van der Waals surface area contributed by atoms with Gasteiger partial charge in [0.15, 0.2) is 0 Å². The Morgan fingerprint density at radius 3 is 3.19 bits per heavy atom. The topological polar surface area (TPSA) is 46.9 Å².